The van der Waals surface area contributed by atoms with E-state index in [9.17, 15) is 10.3 Å². The molecular weight excluding hydrogens is 664 g/mol. The average Bonchev–Trinajstić information content (AvgIpc) is 3.49. The van der Waals surface area contributed by atoms with Gasteiger partial charge in [-0.15, -0.1) is 0 Å². The largest absolute Gasteiger partial charge is 0.497 e. The molecule has 0 aliphatic carbocycles. The van der Waals surface area contributed by atoms with E-state index in [0.29, 0.717) is 48.6 Å². The number of aliphatic hydroxyl groups excluding tert-OH is 1. The number of hydrogen-bond acceptors (Lipinski definition) is 8. The van der Waals surface area contributed by atoms with Crippen molar-refractivity contribution in [1.82, 2.24) is 10.9 Å². The van der Waals surface area contributed by atoms with Crippen LogP contribution in [0.3, 0.4) is 0 Å². The fourth-order valence-electron chi connectivity index (χ4n) is 5.29. The zero-order valence-electron chi connectivity index (χ0n) is 25.8. The van der Waals surface area contributed by atoms with Crippen molar-refractivity contribution in [3.8, 4) is 11.5 Å². The van der Waals surface area contributed by atoms with E-state index in [-0.39, 0.29) is 18.9 Å². The summed E-state index contributed by atoms with van der Waals surface area (Å²) in [5.41, 5.74) is 17.2. The van der Waals surface area contributed by atoms with E-state index in [2.05, 4.69) is 36.8 Å². The van der Waals surface area contributed by atoms with Crippen LogP contribution in [-0.4, -0.2) is 49.3 Å². The van der Waals surface area contributed by atoms with Gasteiger partial charge >= 0.3 is 0 Å². The number of hydrogen-bond donors (Lipinski definition) is 3. The van der Waals surface area contributed by atoms with Gasteiger partial charge in [0.05, 0.1) is 13.7 Å². The molecule has 0 unspecified atom stereocenters. The minimum Gasteiger partial charge on any atom is -0.497 e. The van der Waals surface area contributed by atoms with E-state index in [4.69, 9.17) is 24.3 Å². The molecule has 2 atom stereocenters. The van der Waals surface area contributed by atoms with Crippen LogP contribution in [0.2, 0.25) is 0 Å². The molecule has 0 bridgehead atoms. The number of rotatable bonds is 15. The fraction of sp³-hybridized carbons (Fsp3) is 0.257. The van der Waals surface area contributed by atoms with Gasteiger partial charge < -0.3 is 19.3 Å². The number of carbonyl (C=O) groups is 1. The number of nitrogens with zero attached hydrogens (tertiary/aromatic N) is 4. The normalized spacial score (nSPS) is 16.8. The Hall–Kier alpha value is -4.87. The van der Waals surface area contributed by atoms with Crippen LogP contribution >= 0.6 is 15.9 Å². The van der Waals surface area contributed by atoms with Gasteiger partial charge in [0, 0.05) is 52.2 Å². The van der Waals surface area contributed by atoms with Gasteiger partial charge in [0.15, 0.2) is 11.6 Å². The fourth-order valence-corrected chi connectivity index (χ4v) is 5.71. The first-order chi connectivity index (χ1) is 23.0. The van der Waals surface area contributed by atoms with Gasteiger partial charge in [-0.25, -0.2) is 10.4 Å². The highest BCUT2D eigenvalue weighted by Crippen LogP contribution is 2.46. The van der Waals surface area contributed by atoms with Gasteiger partial charge in [0.2, 0.25) is 5.90 Å². The predicted molar refractivity (Wildman–Crippen MR) is 183 cm³/mol. The van der Waals surface area contributed by atoms with Crippen LogP contribution in [0.25, 0.3) is 10.4 Å². The molecule has 4 aromatic rings. The smallest absolute Gasteiger partial charge is 0.266 e. The van der Waals surface area contributed by atoms with Crippen LogP contribution in [-0.2, 0) is 22.4 Å². The molecule has 0 spiro atoms. The van der Waals surface area contributed by atoms with E-state index in [0.717, 1.165) is 21.3 Å². The summed E-state index contributed by atoms with van der Waals surface area (Å²) in [7, 11) is 1.62. The highest BCUT2D eigenvalue weighted by molar-refractivity contribution is 9.10. The molecule has 0 saturated carbocycles. The van der Waals surface area contributed by atoms with Crippen molar-refractivity contribution >= 4 is 33.4 Å². The summed E-state index contributed by atoms with van der Waals surface area (Å²) in [5, 5.41) is 13.0. The summed E-state index contributed by atoms with van der Waals surface area (Å²) in [6, 6.07) is 29.6. The minimum absolute atomic E-state index is 0.0411. The summed E-state index contributed by atoms with van der Waals surface area (Å²) in [4.78, 5) is 22.5. The average molecular weight is 700 g/mol. The number of aliphatic hydroxyl groups is 1. The number of aliphatic imine (C=N–C) groups is 1. The highest BCUT2D eigenvalue weighted by Gasteiger charge is 2.54. The quantitative estimate of drug-likeness (QED) is 0.0423. The van der Waals surface area contributed by atoms with Crippen LogP contribution in [0.5, 0.6) is 11.5 Å². The number of hydrazine groups is 1. The molecule has 0 radical (unpaired) electrons. The number of carbonyl (C=O) groups excluding carboxylic acids is 1. The topological polar surface area (TPSA) is 150 Å². The number of azide groups is 1. The Bertz CT molecular complexity index is 1740. The number of ether oxygens (including phenoxy) is 3. The van der Waals surface area contributed by atoms with Crippen LogP contribution in [0.1, 0.15) is 34.8 Å². The maximum atomic E-state index is 14.5. The lowest BCUT2D eigenvalue weighted by atomic mass is 9.81. The molecule has 11 nitrogen and oxygen atoms in total. The summed E-state index contributed by atoms with van der Waals surface area (Å²) in [5.74, 6) is 1.25. The second-order valence-corrected chi connectivity index (χ2v) is 11.6. The van der Waals surface area contributed by atoms with Gasteiger partial charge in [-0.2, -0.15) is 0 Å². The van der Waals surface area contributed by atoms with E-state index < -0.39 is 17.6 Å². The van der Waals surface area contributed by atoms with Crippen molar-refractivity contribution in [2.45, 2.75) is 30.9 Å². The molecule has 0 fully saturated rings. The van der Waals surface area contributed by atoms with Crippen molar-refractivity contribution in [2.75, 3.05) is 26.9 Å². The highest BCUT2D eigenvalue weighted by atomic mass is 79.9. The second-order valence-electron chi connectivity index (χ2n) is 10.8. The van der Waals surface area contributed by atoms with Gasteiger partial charge in [0.1, 0.15) is 11.5 Å². The first kappa shape index (κ1) is 33.5. The van der Waals surface area contributed by atoms with E-state index in [1.54, 1.807) is 43.5 Å². The van der Waals surface area contributed by atoms with Crippen molar-refractivity contribution in [3.05, 3.63) is 134 Å². The van der Waals surface area contributed by atoms with Crippen LogP contribution < -0.4 is 20.3 Å². The first-order valence-corrected chi connectivity index (χ1v) is 15.9. The van der Waals surface area contributed by atoms with Crippen molar-refractivity contribution in [2.24, 2.45) is 10.1 Å². The molecular formula is C35H35BrN6O5. The van der Waals surface area contributed by atoms with Gasteiger partial charge in [-0.05, 0) is 65.5 Å². The number of benzene rings is 4. The summed E-state index contributed by atoms with van der Waals surface area (Å²) >= 11 is 3.64. The van der Waals surface area contributed by atoms with Gasteiger partial charge in [-0.3, -0.25) is 10.2 Å². The number of nitrogens with one attached hydrogen (secondary N) is 2. The third kappa shape index (κ3) is 8.11. The number of methoxy groups -OCH3 is 1. The second kappa shape index (κ2) is 16.1. The molecule has 0 saturated heterocycles. The third-order valence-electron chi connectivity index (χ3n) is 7.72. The molecule has 47 heavy (non-hydrogen) atoms. The third-order valence-corrected chi connectivity index (χ3v) is 8.49. The predicted octanol–water partition coefficient (Wildman–Crippen LogP) is 6.52. The zero-order valence-corrected chi connectivity index (χ0v) is 27.4. The van der Waals surface area contributed by atoms with E-state index >= 15 is 0 Å². The first-order valence-electron chi connectivity index (χ1n) is 15.1. The molecule has 12 heteroatoms. The van der Waals surface area contributed by atoms with Crippen LogP contribution in [0, 0.1) is 0 Å². The molecule has 5 rings (SSSR count). The number of amides is 1. The van der Waals surface area contributed by atoms with Crippen molar-refractivity contribution < 1.29 is 24.1 Å². The van der Waals surface area contributed by atoms with Crippen LogP contribution in [0.15, 0.2) is 112 Å². The van der Waals surface area contributed by atoms with Gasteiger partial charge in [-0.1, -0.05) is 75.6 Å². The molecule has 0 aromatic heterocycles. The Morgan fingerprint density at radius 1 is 1.04 bits per heavy atom. The summed E-state index contributed by atoms with van der Waals surface area (Å²) in [6.07, 6.45) is 0.393. The Kier molecular flexibility index (Phi) is 11.5. The lowest BCUT2D eigenvalue weighted by molar-refractivity contribution is -0.130. The Balaban J connectivity index is 1.51. The van der Waals surface area contributed by atoms with E-state index in [1.807, 2.05) is 60.7 Å². The monoisotopic (exact) mass is 698 g/mol. The Labute approximate surface area is 281 Å². The molecule has 242 valence electrons. The minimum atomic E-state index is -1.51. The molecule has 1 aliphatic rings. The standard InChI is InChI=1S/C35H35BrN6O5/c1-45-27-15-11-24(12-16-27)19-20-38-41-34(44)35(23-26-7-2-4-9-30(26)36)32(29-8-3-5-10-31(29)40-42-37)47-33(39-35)25-13-17-28(18-14-25)46-22-6-21-43/h2-5,7-18,32,38,43H,6,19-23H2,1H3,(H,41,44)/t32-,35-/m0/s1. The molecule has 3 N–H and O–H groups in total. The molecule has 1 aliphatic heterocycles. The molecule has 1 heterocycles. The van der Waals surface area contributed by atoms with Gasteiger partial charge in [0.25, 0.3) is 5.91 Å². The van der Waals surface area contributed by atoms with Crippen LogP contribution in [0.4, 0.5) is 5.69 Å². The van der Waals surface area contributed by atoms with E-state index in [1.165, 1.54) is 0 Å². The number of halogens is 1. The molecule has 4 aromatic carbocycles. The summed E-state index contributed by atoms with van der Waals surface area (Å²) < 4.78 is 18.3. The van der Waals surface area contributed by atoms with Crippen molar-refractivity contribution in [1.29, 1.82) is 0 Å². The maximum absolute atomic E-state index is 14.5. The lowest BCUT2D eigenvalue weighted by Gasteiger charge is -2.31. The Morgan fingerprint density at radius 3 is 2.49 bits per heavy atom. The maximum Gasteiger partial charge on any atom is 0.266 e. The lowest BCUT2D eigenvalue weighted by Crippen LogP contribution is -2.54. The van der Waals surface area contributed by atoms with Crippen molar-refractivity contribution in [3.63, 3.8) is 0 Å². The Morgan fingerprint density at radius 2 is 1.77 bits per heavy atom. The SMILES string of the molecule is COc1ccc(CCNNC(=O)[C@@]2(Cc3ccccc3Br)N=C(c3ccc(OCCCO)cc3)O[C@H]2c2ccccc2N=[N+]=[N-])cc1. The molecule has 1 amide bonds. The summed E-state index contributed by atoms with van der Waals surface area (Å²) in [6.45, 7) is 0.879. The zero-order chi connectivity index (χ0) is 33.1.